The van der Waals surface area contributed by atoms with E-state index in [9.17, 15) is 4.79 Å². The summed E-state index contributed by atoms with van der Waals surface area (Å²) in [4.78, 5) is 11.9. The Labute approximate surface area is 108 Å². The van der Waals surface area contributed by atoms with Crippen LogP contribution in [-0.4, -0.2) is 27.8 Å². The lowest BCUT2D eigenvalue weighted by atomic mass is 9.91. The summed E-state index contributed by atoms with van der Waals surface area (Å²) >= 11 is 0. The number of nitrogens with one attached hydrogen (secondary N) is 1. The first-order valence-corrected chi connectivity index (χ1v) is 6.62. The number of primary amides is 1. The van der Waals surface area contributed by atoms with Gasteiger partial charge in [-0.25, -0.2) is 0 Å². The zero-order valence-corrected chi connectivity index (χ0v) is 11.1. The summed E-state index contributed by atoms with van der Waals surface area (Å²) in [5, 5.41) is 7.64. The minimum atomic E-state index is -0.630. The molecule has 1 aromatic heterocycles. The van der Waals surface area contributed by atoms with Gasteiger partial charge in [-0.3, -0.25) is 9.48 Å². The van der Waals surface area contributed by atoms with Crippen molar-refractivity contribution in [1.29, 1.82) is 0 Å². The molecule has 2 rings (SSSR count). The lowest BCUT2D eigenvalue weighted by molar-refractivity contribution is -0.126. The summed E-state index contributed by atoms with van der Waals surface area (Å²) in [6, 6.07) is 0. The summed E-state index contributed by atoms with van der Waals surface area (Å²) in [6.45, 7) is 5.41. The van der Waals surface area contributed by atoms with Crippen LogP contribution >= 0.6 is 0 Å². The Bertz CT molecular complexity index is 424. The highest BCUT2D eigenvalue weighted by atomic mass is 16.1. The molecule has 0 spiro atoms. The number of hydrogen-bond donors (Lipinski definition) is 2. The van der Waals surface area contributed by atoms with E-state index in [0.717, 1.165) is 31.4 Å². The Morgan fingerprint density at radius 2 is 2.39 bits per heavy atom. The molecular weight excluding hydrogens is 228 g/mol. The average molecular weight is 250 g/mol. The minimum Gasteiger partial charge on any atom is -0.368 e. The van der Waals surface area contributed by atoms with Crippen LogP contribution in [0.5, 0.6) is 0 Å². The fraction of sp³-hybridized carbons (Fsp3) is 0.692. The van der Waals surface area contributed by atoms with Crippen LogP contribution in [0, 0.1) is 12.8 Å². The second-order valence-electron chi connectivity index (χ2n) is 5.25. The van der Waals surface area contributed by atoms with Crippen molar-refractivity contribution in [2.45, 2.75) is 45.2 Å². The Kier molecular flexibility index (Phi) is 3.71. The van der Waals surface area contributed by atoms with Crippen LogP contribution in [0.15, 0.2) is 12.4 Å². The van der Waals surface area contributed by atoms with Crippen molar-refractivity contribution >= 4 is 5.91 Å². The van der Waals surface area contributed by atoms with Gasteiger partial charge in [-0.05, 0) is 44.2 Å². The quantitative estimate of drug-likeness (QED) is 0.752. The van der Waals surface area contributed by atoms with Gasteiger partial charge in [0.2, 0.25) is 5.91 Å². The minimum absolute atomic E-state index is 0.258. The third-order valence-electron chi connectivity index (χ3n) is 3.58. The van der Waals surface area contributed by atoms with Crippen molar-refractivity contribution in [2.75, 3.05) is 6.54 Å². The number of nitrogens with two attached hydrogens (primary N) is 1. The second-order valence-corrected chi connectivity index (χ2v) is 5.25. The molecule has 100 valence electrons. The summed E-state index contributed by atoms with van der Waals surface area (Å²) < 4.78 is 1.82. The molecule has 1 amide bonds. The normalized spacial score (nSPS) is 18.6. The van der Waals surface area contributed by atoms with Crippen LogP contribution in [0.1, 0.15) is 31.7 Å². The number of amides is 1. The van der Waals surface area contributed by atoms with E-state index in [1.165, 1.54) is 0 Å². The third kappa shape index (κ3) is 2.56. The summed E-state index contributed by atoms with van der Waals surface area (Å²) in [6.07, 6.45) is 6.88. The molecule has 1 saturated carbocycles. The zero-order valence-electron chi connectivity index (χ0n) is 11.1. The maximum Gasteiger partial charge on any atom is 0.239 e. The first-order valence-electron chi connectivity index (χ1n) is 6.62. The number of rotatable bonds is 7. The molecule has 0 radical (unpaired) electrons. The Morgan fingerprint density at radius 3 is 2.83 bits per heavy atom. The van der Waals surface area contributed by atoms with E-state index in [0.29, 0.717) is 12.5 Å². The average Bonchev–Trinajstić information content (AvgIpc) is 3.09. The van der Waals surface area contributed by atoms with Crippen LogP contribution in [0.4, 0.5) is 0 Å². The maximum absolute atomic E-state index is 11.9. The van der Waals surface area contributed by atoms with Gasteiger partial charge in [-0.15, -0.1) is 0 Å². The lowest BCUT2D eigenvalue weighted by Crippen LogP contribution is -2.60. The van der Waals surface area contributed by atoms with Crippen molar-refractivity contribution < 1.29 is 4.79 Å². The topological polar surface area (TPSA) is 72.9 Å². The van der Waals surface area contributed by atoms with E-state index >= 15 is 0 Å². The number of aromatic nitrogens is 2. The van der Waals surface area contributed by atoms with Crippen molar-refractivity contribution in [3.05, 3.63) is 18.0 Å². The van der Waals surface area contributed by atoms with Gasteiger partial charge in [-0.1, -0.05) is 6.92 Å². The van der Waals surface area contributed by atoms with E-state index in [1.54, 1.807) is 6.20 Å². The number of aryl methyl sites for hydroxylation is 1. The van der Waals surface area contributed by atoms with E-state index in [2.05, 4.69) is 17.3 Å². The molecule has 5 nitrogen and oxygen atoms in total. The van der Waals surface area contributed by atoms with E-state index < -0.39 is 5.54 Å². The fourth-order valence-electron chi connectivity index (χ4n) is 2.43. The molecule has 0 bridgehead atoms. The van der Waals surface area contributed by atoms with Gasteiger partial charge in [0.25, 0.3) is 0 Å². The highest BCUT2D eigenvalue weighted by Crippen LogP contribution is 2.40. The lowest BCUT2D eigenvalue weighted by Gasteiger charge is -2.32. The molecule has 0 aliphatic heterocycles. The largest absolute Gasteiger partial charge is 0.368 e. The van der Waals surface area contributed by atoms with E-state index in [1.807, 2.05) is 17.8 Å². The predicted molar refractivity (Wildman–Crippen MR) is 69.9 cm³/mol. The molecular formula is C13H22N4O. The highest BCUT2D eigenvalue weighted by Gasteiger charge is 2.49. The smallest absolute Gasteiger partial charge is 0.239 e. The molecule has 0 aromatic carbocycles. The number of hydrogen-bond acceptors (Lipinski definition) is 3. The standard InChI is InChI=1S/C13H22N4O/c1-3-6-15-13(12(14)18,11-4-5-11)9-17-8-10(2)7-16-17/h7-8,11,15H,3-6,9H2,1-2H3,(H2,14,18). The van der Waals surface area contributed by atoms with Crippen LogP contribution in [0.2, 0.25) is 0 Å². The van der Waals surface area contributed by atoms with Crippen LogP contribution < -0.4 is 11.1 Å². The van der Waals surface area contributed by atoms with Gasteiger partial charge in [0.15, 0.2) is 0 Å². The summed E-state index contributed by atoms with van der Waals surface area (Å²) in [5.41, 5.74) is 6.13. The molecule has 5 heteroatoms. The first-order chi connectivity index (χ1) is 8.58. The molecule has 1 heterocycles. The van der Waals surface area contributed by atoms with Crippen LogP contribution in [0.25, 0.3) is 0 Å². The molecule has 3 N–H and O–H groups in total. The van der Waals surface area contributed by atoms with Crippen molar-refractivity contribution in [2.24, 2.45) is 11.7 Å². The number of carbonyl (C=O) groups is 1. The molecule has 1 aromatic rings. The molecule has 18 heavy (non-hydrogen) atoms. The molecule has 1 atom stereocenters. The van der Waals surface area contributed by atoms with E-state index in [4.69, 9.17) is 5.73 Å². The summed E-state index contributed by atoms with van der Waals surface area (Å²) in [7, 11) is 0. The molecule has 1 unspecified atom stereocenters. The van der Waals surface area contributed by atoms with Gasteiger partial charge in [-0.2, -0.15) is 5.10 Å². The maximum atomic E-state index is 11.9. The Balaban J connectivity index is 2.19. The Hall–Kier alpha value is -1.36. The van der Waals surface area contributed by atoms with Crippen molar-refractivity contribution in [3.8, 4) is 0 Å². The zero-order chi connectivity index (χ0) is 13.2. The van der Waals surface area contributed by atoms with Gasteiger partial charge in [0.05, 0.1) is 12.7 Å². The number of carbonyl (C=O) groups excluding carboxylic acids is 1. The molecule has 1 aliphatic rings. The fourth-order valence-corrected chi connectivity index (χ4v) is 2.43. The van der Waals surface area contributed by atoms with Gasteiger partial charge in [0, 0.05) is 6.20 Å². The third-order valence-corrected chi connectivity index (χ3v) is 3.58. The SMILES string of the molecule is CCCNC(Cn1cc(C)cn1)(C(N)=O)C1CC1. The molecule has 1 aliphatic carbocycles. The second kappa shape index (κ2) is 5.10. The van der Waals surface area contributed by atoms with Gasteiger partial charge < -0.3 is 11.1 Å². The van der Waals surface area contributed by atoms with E-state index in [-0.39, 0.29) is 5.91 Å². The first kappa shape index (κ1) is 13.1. The van der Waals surface area contributed by atoms with Crippen LogP contribution in [0.3, 0.4) is 0 Å². The monoisotopic (exact) mass is 250 g/mol. The van der Waals surface area contributed by atoms with Gasteiger partial charge >= 0.3 is 0 Å². The molecule has 1 fully saturated rings. The highest BCUT2D eigenvalue weighted by molar-refractivity contribution is 5.85. The number of nitrogens with zero attached hydrogens (tertiary/aromatic N) is 2. The van der Waals surface area contributed by atoms with Crippen molar-refractivity contribution in [1.82, 2.24) is 15.1 Å². The summed E-state index contributed by atoms with van der Waals surface area (Å²) in [5.74, 6) is 0.0951. The molecule has 0 saturated heterocycles. The Morgan fingerprint density at radius 1 is 1.67 bits per heavy atom. The van der Waals surface area contributed by atoms with Crippen molar-refractivity contribution in [3.63, 3.8) is 0 Å². The van der Waals surface area contributed by atoms with Crippen LogP contribution in [-0.2, 0) is 11.3 Å². The van der Waals surface area contributed by atoms with Gasteiger partial charge in [0.1, 0.15) is 5.54 Å². The predicted octanol–water partition coefficient (Wildman–Crippen LogP) is 0.825.